The second-order valence-corrected chi connectivity index (χ2v) is 10.9. The van der Waals surface area contributed by atoms with Gasteiger partial charge in [-0.3, -0.25) is 9.36 Å². The molecule has 5 rings (SSSR count). The first kappa shape index (κ1) is 20.5. The predicted octanol–water partition coefficient (Wildman–Crippen LogP) is 5.08. The van der Waals surface area contributed by atoms with Crippen molar-refractivity contribution in [3.63, 3.8) is 0 Å². The Morgan fingerprint density at radius 2 is 1.97 bits per heavy atom. The van der Waals surface area contributed by atoms with Crippen molar-refractivity contribution in [1.29, 1.82) is 0 Å². The fraction of sp³-hybridized carbons (Fsp3) is 0.522. The Bertz CT molecular complexity index is 1170. The fourth-order valence-electron chi connectivity index (χ4n) is 4.94. The molecule has 2 fully saturated rings. The molecule has 3 heterocycles. The molecule has 1 saturated carbocycles. The van der Waals surface area contributed by atoms with Crippen LogP contribution < -0.4 is 0 Å². The molecule has 1 amide bonds. The molecule has 0 radical (unpaired) electrons. The summed E-state index contributed by atoms with van der Waals surface area (Å²) in [7, 11) is 1.95. The summed E-state index contributed by atoms with van der Waals surface area (Å²) in [6.45, 7) is 9.39. The first-order chi connectivity index (χ1) is 14.6. The number of benzene rings is 1. The molecule has 1 spiro atoms. The first-order valence-corrected chi connectivity index (χ1v) is 11.5. The third-order valence-electron chi connectivity index (χ3n) is 6.48. The Balaban J connectivity index is 1.29. The smallest absolute Gasteiger partial charge is 0.410 e. The molecule has 8 heteroatoms. The topological polar surface area (TPSA) is 65.2 Å². The number of hydrogen-bond donors (Lipinski definition) is 0. The van der Waals surface area contributed by atoms with Crippen molar-refractivity contribution in [2.45, 2.75) is 52.2 Å². The lowest BCUT2D eigenvalue weighted by Crippen LogP contribution is -2.64. The first-order valence-electron chi connectivity index (χ1n) is 10.7. The highest BCUT2D eigenvalue weighted by Crippen LogP contribution is 2.55. The zero-order valence-corrected chi connectivity index (χ0v) is 20.2. The number of ether oxygens (including phenoxy) is 1. The van der Waals surface area contributed by atoms with Gasteiger partial charge in [0.25, 0.3) is 0 Å². The Morgan fingerprint density at radius 3 is 2.65 bits per heavy atom. The van der Waals surface area contributed by atoms with Gasteiger partial charge >= 0.3 is 6.09 Å². The van der Waals surface area contributed by atoms with Crippen molar-refractivity contribution in [2.75, 3.05) is 13.1 Å². The van der Waals surface area contributed by atoms with Crippen LogP contribution in [0.2, 0.25) is 0 Å². The van der Waals surface area contributed by atoms with Crippen molar-refractivity contribution in [2.24, 2.45) is 12.5 Å². The number of likely N-dealkylation sites (tertiary alicyclic amines) is 1. The van der Waals surface area contributed by atoms with Gasteiger partial charge in [-0.05, 0) is 68.6 Å². The quantitative estimate of drug-likeness (QED) is 0.507. The van der Waals surface area contributed by atoms with Crippen LogP contribution in [0.3, 0.4) is 0 Å². The molecule has 31 heavy (non-hydrogen) atoms. The SMILES string of the molecule is Cc1c(Br)c(-c2ccc3c(cnn3C)c2)nn1C1CC2(C1)CN(C(=O)OC(C)(C)C)C2. The van der Waals surface area contributed by atoms with E-state index in [0.29, 0.717) is 6.04 Å². The Kier molecular flexibility index (Phi) is 4.52. The molecule has 0 bridgehead atoms. The normalized spacial score (nSPS) is 18.3. The number of nitrogens with zero attached hydrogens (tertiary/aromatic N) is 5. The van der Waals surface area contributed by atoms with Crippen molar-refractivity contribution < 1.29 is 9.53 Å². The van der Waals surface area contributed by atoms with Crippen molar-refractivity contribution in [3.05, 3.63) is 34.6 Å². The van der Waals surface area contributed by atoms with Gasteiger partial charge in [0.2, 0.25) is 0 Å². The molecular formula is C23H28BrN5O2. The van der Waals surface area contributed by atoms with E-state index in [-0.39, 0.29) is 11.5 Å². The second kappa shape index (κ2) is 6.82. The summed E-state index contributed by atoms with van der Waals surface area (Å²) in [5.74, 6) is 0. The molecule has 1 aromatic carbocycles. The second-order valence-electron chi connectivity index (χ2n) is 10.1. The highest BCUT2D eigenvalue weighted by molar-refractivity contribution is 9.10. The van der Waals surface area contributed by atoms with Gasteiger partial charge in [-0.2, -0.15) is 10.2 Å². The molecular weight excluding hydrogens is 458 g/mol. The van der Waals surface area contributed by atoms with Gasteiger partial charge < -0.3 is 9.64 Å². The van der Waals surface area contributed by atoms with Crippen LogP contribution in [0.4, 0.5) is 4.79 Å². The molecule has 3 aromatic rings. The molecule has 0 atom stereocenters. The van der Waals surface area contributed by atoms with E-state index >= 15 is 0 Å². The molecule has 7 nitrogen and oxygen atoms in total. The maximum Gasteiger partial charge on any atom is 0.410 e. The van der Waals surface area contributed by atoms with Crippen LogP contribution in [0.15, 0.2) is 28.9 Å². The number of hydrogen-bond acceptors (Lipinski definition) is 4. The van der Waals surface area contributed by atoms with E-state index in [1.54, 1.807) is 0 Å². The van der Waals surface area contributed by atoms with Crippen LogP contribution in [0.5, 0.6) is 0 Å². The summed E-state index contributed by atoms with van der Waals surface area (Å²) in [6, 6.07) is 6.71. The summed E-state index contributed by atoms with van der Waals surface area (Å²) < 4.78 is 10.6. The molecule has 1 saturated heterocycles. The van der Waals surface area contributed by atoms with Gasteiger partial charge in [0.15, 0.2) is 0 Å². The van der Waals surface area contributed by atoms with Crippen molar-refractivity contribution >= 4 is 32.9 Å². The minimum Gasteiger partial charge on any atom is -0.444 e. The highest BCUT2D eigenvalue weighted by Gasteiger charge is 2.55. The van der Waals surface area contributed by atoms with Crippen LogP contribution in [-0.2, 0) is 11.8 Å². The van der Waals surface area contributed by atoms with E-state index < -0.39 is 5.60 Å². The lowest BCUT2D eigenvalue weighted by atomic mass is 9.61. The van der Waals surface area contributed by atoms with E-state index in [4.69, 9.17) is 9.84 Å². The number of carbonyl (C=O) groups excluding carboxylic acids is 1. The molecule has 0 unspecified atom stereocenters. The summed E-state index contributed by atoms with van der Waals surface area (Å²) in [4.78, 5) is 14.1. The summed E-state index contributed by atoms with van der Waals surface area (Å²) in [6.07, 6.45) is 3.77. The molecule has 1 aliphatic heterocycles. The fourth-order valence-corrected chi connectivity index (χ4v) is 5.43. The van der Waals surface area contributed by atoms with Crippen LogP contribution >= 0.6 is 15.9 Å². The standard InChI is InChI=1S/C23H28BrN5O2/c1-14-19(24)20(15-6-7-18-16(8-15)11-25-27(18)5)26-29(14)17-9-23(10-17)12-28(13-23)21(30)31-22(2,3)4/h6-8,11,17H,9-10,12-13H2,1-5H3. The third kappa shape index (κ3) is 3.45. The summed E-state index contributed by atoms with van der Waals surface area (Å²) in [5, 5.41) is 10.4. The number of halogens is 1. The largest absolute Gasteiger partial charge is 0.444 e. The zero-order chi connectivity index (χ0) is 22.1. The summed E-state index contributed by atoms with van der Waals surface area (Å²) in [5.41, 5.74) is 4.08. The Labute approximate surface area is 190 Å². The van der Waals surface area contributed by atoms with Crippen molar-refractivity contribution in [1.82, 2.24) is 24.5 Å². The van der Waals surface area contributed by atoms with E-state index in [1.165, 1.54) is 0 Å². The van der Waals surface area contributed by atoms with E-state index in [9.17, 15) is 4.79 Å². The van der Waals surface area contributed by atoms with Crippen LogP contribution in [-0.4, -0.2) is 49.2 Å². The number of amides is 1. The zero-order valence-electron chi connectivity index (χ0n) is 18.6. The van der Waals surface area contributed by atoms with E-state index in [2.05, 4.69) is 50.8 Å². The Hall–Kier alpha value is -2.35. The number of aryl methyl sites for hydroxylation is 1. The van der Waals surface area contributed by atoms with Crippen LogP contribution in [0, 0.1) is 12.3 Å². The number of carbonyl (C=O) groups is 1. The van der Waals surface area contributed by atoms with Gasteiger partial charge in [-0.25, -0.2) is 4.79 Å². The Morgan fingerprint density at radius 1 is 1.26 bits per heavy atom. The molecule has 1 aliphatic carbocycles. The molecule has 0 N–H and O–H groups in total. The van der Waals surface area contributed by atoms with E-state index in [0.717, 1.165) is 58.3 Å². The number of rotatable bonds is 2. The van der Waals surface area contributed by atoms with Gasteiger partial charge in [-0.1, -0.05) is 6.07 Å². The van der Waals surface area contributed by atoms with Gasteiger partial charge in [-0.15, -0.1) is 0 Å². The van der Waals surface area contributed by atoms with E-state index in [1.807, 2.05) is 43.6 Å². The van der Waals surface area contributed by atoms with Crippen molar-refractivity contribution in [3.8, 4) is 11.3 Å². The lowest BCUT2D eigenvalue weighted by Gasteiger charge is -2.58. The average molecular weight is 486 g/mol. The van der Waals surface area contributed by atoms with Gasteiger partial charge in [0.05, 0.1) is 27.9 Å². The summed E-state index contributed by atoms with van der Waals surface area (Å²) >= 11 is 3.77. The van der Waals surface area contributed by atoms with Gasteiger partial charge in [0, 0.05) is 36.5 Å². The minimum atomic E-state index is -0.449. The third-order valence-corrected chi connectivity index (χ3v) is 7.43. The van der Waals surface area contributed by atoms with Crippen LogP contribution in [0.1, 0.15) is 45.3 Å². The monoisotopic (exact) mass is 485 g/mol. The van der Waals surface area contributed by atoms with Crippen LogP contribution in [0.25, 0.3) is 22.2 Å². The highest BCUT2D eigenvalue weighted by atomic mass is 79.9. The lowest BCUT2D eigenvalue weighted by molar-refractivity contribution is -0.0930. The predicted molar refractivity (Wildman–Crippen MR) is 123 cm³/mol. The number of fused-ring (bicyclic) bond motifs is 1. The van der Waals surface area contributed by atoms with Gasteiger partial charge in [0.1, 0.15) is 11.3 Å². The maximum absolute atomic E-state index is 12.2. The molecule has 2 aromatic heterocycles. The average Bonchev–Trinajstić information content (AvgIpc) is 3.12. The number of aromatic nitrogens is 4. The molecule has 2 aliphatic rings. The maximum atomic E-state index is 12.2. The minimum absolute atomic E-state index is 0.201. The molecule has 164 valence electrons.